The Labute approximate surface area is 148 Å². The zero-order chi connectivity index (χ0) is 17.8. The summed E-state index contributed by atoms with van der Waals surface area (Å²) in [5, 5.41) is 3.24. The van der Waals surface area contributed by atoms with Gasteiger partial charge in [0.15, 0.2) is 0 Å². The first-order chi connectivity index (χ1) is 12.1. The summed E-state index contributed by atoms with van der Waals surface area (Å²) in [6.07, 6.45) is 0. The number of piperazine rings is 1. The Morgan fingerprint density at radius 2 is 1.84 bits per heavy atom. The minimum atomic E-state index is 0.108. The third-order valence-corrected chi connectivity index (χ3v) is 4.43. The van der Waals surface area contributed by atoms with Crippen molar-refractivity contribution in [2.75, 3.05) is 42.9 Å². The van der Waals surface area contributed by atoms with Crippen LogP contribution in [0.3, 0.4) is 0 Å². The quantitative estimate of drug-likeness (QED) is 0.927. The molecule has 25 heavy (non-hydrogen) atoms. The van der Waals surface area contributed by atoms with Crippen LogP contribution in [0.5, 0.6) is 0 Å². The van der Waals surface area contributed by atoms with Gasteiger partial charge in [-0.05, 0) is 32.4 Å². The lowest BCUT2D eigenvalue weighted by Gasteiger charge is -2.35. The summed E-state index contributed by atoms with van der Waals surface area (Å²) in [6.45, 7) is 9.68. The van der Waals surface area contributed by atoms with Gasteiger partial charge in [0.2, 0.25) is 5.95 Å². The summed E-state index contributed by atoms with van der Waals surface area (Å²) in [5.74, 6) is 1.69. The van der Waals surface area contributed by atoms with E-state index in [9.17, 15) is 4.79 Å². The molecule has 0 atom stereocenters. The molecule has 1 saturated heterocycles. The van der Waals surface area contributed by atoms with Gasteiger partial charge in [-0.3, -0.25) is 4.79 Å². The maximum absolute atomic E-state index is 12.7. The molecule has 132 valence electrons. The molecule has 3 rings (SSSR count). The second-order valence-electron chi connectivity index (χ2n) is 6.32. The Bertz CT molecular complexity index is 753. The van der Waals surface area contributed by atoms with Crippen LogP contribution in [0.1, 0.15) is 28.5 Å². The molecule has 1 aliphatic heterocycles. The molecule has 2 heterocycles. The fourth-order valence-corrected chi connectivity index (χ4v) is 3.06. The SMILES string of the molecule is CCNc1cc(C)nc(N2CCN(C(=O)c3ccccc3C)CC2)n1. The Kier molecular flexibility index (Phi) is 5.16. The van der Waals surface area contributed by atoms with Gasteiger partial charge in [-0.15, -0.1) is 0 Å². The van der Waals surface area contributed by atoms with Crippen LogP contribution in [-0.4, -0.2) is 53.5 Å². The van der Waals surface area contributed by atoms with Gasteiger partial charge in [-0.2, -0.15) is 4.98 Å². The summed E-state index contributed by atoms with van der Waals surface area (Å²) >= 11 is 0. The molecule has 1 aliphatic rings. The third-order valence-electron chi connectivity index (χ3n) is 4.43. The van der Waals surface area contributed by atoms with E-state index in [1.165, 1.54) is 0 Å². The van der Waals surface area contributed by atoms with E-state index in [1.54, 1.807) is 0 Å². The Morgan fingerprint density at radius 3 is 2.52 bits per heavy atom. The van der Waals surface area contributed by atoms with Crippen LogP contribution >= 0.6 is 0 Å². The maximum atomic E-state index is 12.7. The van der Waals surface area contributed by atoms with Crippen LogP contribution in [0, 0.1) is 13.8 Å². The van der Waals surface area contributed by atoms with Gasteiger partial charge >= 0.3 is 0 Å². The lowest BCUT2D eigenvalue weighted by molar-refractivity contribution is 0.0745. The van der Waals surface area contributed by atoms with Gasteiger partial charge in [0.25, 0.3) is 5.91 Å². The van der Waals surface area contributed by atoms with Crippen molar-refractivity contribution in [3.05, 3.63) is 47.2 Å². The molecule has 0 unspecified atom stereocenters. The molecule has 1 aromatic heterocycles. The topological polar surface area (TPSA) is 61.4 Å². The Hall–Kier alpha value is -2.63. The highest BCUT2D eigenvalue weighted by atomic mass is 16.2. The molecule has 0 radical (unpaired) electrons. The van der Waals surface area contributed by atoms with Crippen LogP contribution in [0.2, 0.25) is 0 Å². The summed E-state index contributed by atoms with van der Waals surface area (Å²) in [4.78, 5) is 25.9. The van der Waals surface area contributed by atoms with Crippen molar-refractivity contribution < 1.29 is 4.79 Å². The summed E-state index contributed by atoms with van der Waals surface area (Å²) < 4.78 is 0. The number of rotatable bonds is 4. The van der Waals surface area contributed by atoms with E-state index < -0.39 is 0 Å². The zero-order valence-corrected chi connectivity index (χ0v) is 15.1. The number of amides is 1. The molecule has 2 aromatic rings. The number of carbonyl (C=O) groups excluding carboxylic acids is 1. The van der Waals surface area contributed by atoms with Crippen LogP contribution in [0.4, 0.5) is 11.8 Å². The van der Waals surface area contributed by atoms with Crippen molar-refractivity contribution in [2.45, 2.75) is 20.8 Å². The van der Waals surface area contributed by atoms with Crippen LogP contribution < -0.4 is 10.2 Å². The van der Waals surface area contributed by atoms with Gasteiger partial charge in [0.05, 0.1) is 0 Å². The normalized spacial score (nSPS) is 14.5. The summed E-state index contributed by atoms with van der Waals surface area (Å²) in [7, 11) is 0. The number of hydrogen-bond donors (Lipinski definition) is 1. The molecular weight excluding hydrogens is 314 g/mol. The molecular formula is C19H25N5O. The average Bonchev–Trinajstić information content (AvgIpc) is 2.61. The Morgan fingerprint density at radius 1 is 1.12 bits per heavy atom. The lowest BCUT2D eigenvalue weighted by atomic mass is 10.1. The number of hydrogen-bond acceptors (Lipinski definition) is 5. The van der Waals surface area contributed by atoms with Crippen LogP contribution in [0.25, 0.3) is 0 Å². The van der Waals surface area contributed by atoms with Gasteiger partial charge in [0.1, 0.15) is 5.82 Å². The van der Waals surface area contributed by atoms with Crippen molar-refractivity contribution >= 4 is 17.7 Å². The molecule has 1 fully saturated rings. The predicted octanol–water partition coefficient (Wildman–Crippen LogP) is 2.49. The number of benzene rings is 1. The summed E-state index contributed by atoms with van der Waals surface area (Å²) in [5.41, 5.74) is 2.75. The highest BCUT2D eigenvalue weighted by molar-refractivity contribution is 5.95. The highest BCUT2D eigenvalue weighted by Crippen LogP contribution is 2.17. The van der Waals surface area contributed by atoms with E-state index in [-0.39, 0.29) is 5.91 Å². The fourth-order valence-electron chi connectivity index (χ4n) is 3.06. The van der Waals surface area contributed by atoms with Crippen molar-refractivity contribution in [3.63, 3.8) is 0 Å². The van der Waals surface area contributed by atoms with E-state index in [1.807, 2.05) is 56.0 Å². The number of nitrogens with zero attached hydrogens (tertiary/aromatic N) is 4. The second kappa shape index (κ2) is 7.51. The molecule has 1 aromatic carbocycles. The molecule has 1 amide bonds. The van der Waals surface area contributed by atoms with Crippen molar-refractivity contribution in [1.29, 1.82) is 0 Å². The highest BCUT2D eigenvalue weighted by Gasteiger charge is 2.24. The predicted molar refractivity (Wildman–Crippen MR) is 100 cm³/mol. The first kappa shape index (κ1) is 17.2. The molecule has 0 saturated carbocycles. The van der Waals surface area contributed by atoms with Crippen LogP contribution in [-0.2, 0) is 0 Å². The minimum Gasteiger partial charge on any atom is -0.370 e. The standard InChI is InChI=1S/C19H25N5O/c1-4-20-17-13-15(3)21-19(22-17)24-11-9-23(10-12-24)18(25)16-8-6-5-7-14(16)2/h5-8,13H,4,9-12H2,1-3H3,(H,20,21,22). The van der Waals surface area contributed by atoms with E-state index in [0.29, 0.717) is 13.1 Å². The maximum Gasteiger partial charge on any atom is 0.254 e. The Balaban J connectivity index is 1.68. The average molecular weight is 339 g/mol. The monoisotopic (exact) mass is 339 g/mol. The molecule has 0 spiro atoms. The van der Waals surface area contributed by atoms with E-state index in [4.69, 9.17) is 0 Å². The first-order valence-electron chi connectivity index (χ1n) is 8.78. The van der Waals surface area contributed by atoms with Gasteiger partial charge in [-0.25, -0.2) is 4.98 Å². The number of aryl methyl sites for hydroxylation is 2. The zero-order valence-electron chi connectivity index (χ0n) is 15.1. The lowest BCUT2D eigenvalue weighted by Crippen LogP contribution is -2.49. The van der Waals surface area contributed by atoms with Crippen molar-refractivity contribution in [1.82, 2.24) is 14.9 Å². The van der Waals surface area contributed by atoms with E-state index in [0.717, 1.165) is 48.2 Å². The second-order valence-corrected chi connectivity index (χ2v) is 6.32. The van der Waals surface area contributed by atoms with E-state index in [2.05, 4.69) is 20.2 Å². The fraction of sp³-hybridized carbons (Fsp3) is 0.421. The summed E-state index contributed by atoms with van der Waals surface area (Å²) in [6, 6.07) is 9.70. The molecule has 1 N–H and O–H groups in total. The number of nitrogens with one attached hydrogen (secondary N) is 1. The van der Waals surface area contributed by atoms with Gasteiger partial charge < -0.3 is 15.1 Å². The number of carbonyl (C=O) groups is 1. The minimum absolute atomic E-state index is 0.108. The molecule has 6 heteroatoms. The van der Waals surface area contributed by atoms with Crippen LogP contribution in [0.15, 0.2) is 30.3 Å². The van der Waals surface area contributed by atoms with E-state index >= 15 is 0 Å². The smallest absolute Gasteiger partial charge is 0.254 e. The van der Waals surface area contributed by atoms with Crippen molar-refractivity contribution in [3.8, 4) is 0 Å². The third kappa shape index (κ3) is 3.90. The van der Waals surface area contributed by atoms with Gasteiger partial charge in [-0.1, -0.05) is 18.2 Å². The molecule has 0 aliphatic carbocycles. The molecule has 6 nitrogen and oxygen atoms in total. The molecule has 0 bridgehead atoms. The van der Waals surface area contributed by atoms with Gasteiger partial charge in [0, 0.05) is 50.0 Å². The largest absolute Gasteiger partial charge is 0.370 e. The number of aromatic nitrogens is 2. The first-order valence-corrected chi connectivity index (χ1v) is 8.78. The number of anilines is 2. The van der Waals surface area contributed by atoms with Crippen molar-refractivity contribution in [2.24, 2.45) is 0 Å².